The van der Waals surface area contributed by atoms with Crippen molar-refractivity contribution < 1.29 is 0 Å². The van der Waals surface area contributed by atoms with Gasteiger partial charge in [0.15, 0.2) is 0 Å². The molecule has 0 radical (unpaired) electrons. The molecular weight excluding hydrogens is 240 g/mol. The third-order valence-corrected chi connectivity index (χ3v) is 5.13. The molecule has 1 heterocycles. The number of hydrogen-bond acceptors (Lipinski definition) is 3. The molecule has 18 heavy (non-hydrogen) atoms. The summed E-state index contributed by atoms with van der Waals surface area (Å²) in [6.45, 7) is 6.05. The Labute approximate surface area is 115 Å². The van der Waals surface area contributed by atoms with Crippen LogP contribution >= 0.6 is 11.8 Å². The number of hydrogen-bond donors (Lipinski definition) is 1. The summed E-state index contributed by atoms with van der Waals surface area (Å²) >= 11 is 1.99. The highest BCUT2D eigenvalue weighted by molar-refractivity contribution is 7.99. The zero-order valence-electron chi connectivity index (χ0n) is 11.7. The van der Waals surface area contributed by atoms with E-state index in [1.807, 2.05) is 11.8 Å². The fraction of sp³-hybridized carbons (Fsp3) is 0.600. The van der Waals surface area contributed by atoms with Gasteiger partial charge in [-0.15, -0.1) is 11.8 Å². The Morgan fingerprint density at radius 2 is 2.17 bits per heavy atom. The Morgan fingerprint density at radius 3 is 2.89 bits per heavy atom. The summed E-state index contributed by atoms with van der Waals surface area (Å²) in [5, 5.41) is 0. The minimum atomic E-state index is 0.0602. The third-order valence-electron chi connectivity index (χ3n) is 3.93. The molecule has 0 spiro atoms. The summed E-state index contributed by atoms with van der Waals surface area (Å²) in [4.78, 5) is 3.82. The van der Waals surface area contributed by atoms with Crippen LogP contribution in [0.1, 0.15) is 31.4 Å². The first-order valence-electron chi connectivity index (χ1n) is 6.69. The summed E-state index contributed by atoms with van der Waals surface area (Å²) in [5.41, 5.74) is 8.82. The van der Waals surface area contributed by atoms with E-state index in [9.17, 15) is 0 Å². The molecule has 3 heteroatoms. The summed E-state index contributed by atoms with van der Waals surface area (Å²) in [7, 11) is 2.15. The summed E-state index contributed by atoms with van der Waals surface area (Å²) in [6.07, 6.45) is 2.55. The average Bonchev–Trinajstić information content (AvgIpc) is 2.38. The predicted molar refractivity (Wildman–Crippen MR) is 80.1 cm³/mol. The van der Waals surface area contributed by atoms with Crippen molar-refractivity contribution in [2.75, 3.05) is 19.3 Å². The van der Waals surface area contributed by atoms with Crippen LogP contribution in [0.25, 0.3) is 0 Å². The molecule has 0 saturated heterocycles. The molecule has 1 aromatic rings. The second kappa shape index (κ2) is 5.64. The van der Waals surface area contributed by atoms with Crippen molar-refractivity contribution in [3.8, 4) is 0 Å². The van der Waals surface area contributed by atoms with Crippen molar-refractivity contribution in [2.45, 2.75) is 43.7 Å². The van der Waals surface area contributed by atoms with Crippen LogP contribution in [0.4, 0.5) is 0 Å². The molecule has 0 saturated carbocycles. The molecule has 0 fully saturated rings. The van der Waals surface area contributed by atoms with Crippen molar-refractivity contribution >= 4 is 11.8 Å². The maximum Gasteiger partial charge on any atom is 0.0275 e. The van der Waals surface area contributed by atoms with Gasteiger partial charge in [-0.25, -0.2) is 0 Å². The second-order valence-corrected chi connectivity index (χ2v) is 6.90. The van der Waals surface area contributed by atoms with E-state index >= 15 is 0 Å². The van der Waals surface area contributed by atoms with Crippen LogP contribution in [0.2, 0.25) is 0 Å². The van der Waals surface area contributed by atoms with Crippen LogP contribution in [0.15, 0.2) is 23.1 Å². The van der Waals surface area contributed by atoms with E-state index in [1.54, 1.807) is 0 Å². The zero-order chi connectivity index (χ0) is 13.2. The molecule has 1 aliphatic heterocycles. The normalized spacial score (nSPS) is 15.8. The Hall–Kier alpha value is -0.510. The van der Waals surface area contributed by atoms with E-state index in [2.05, 4.69) is 44.0 Å². The molecular formula is C15H24N2S. The first-order chi connectivity index (χ1) is 8.53. The fourth-order valence-corrected chi connectivity index (χ4v) is 3.18. The SMILES string of the molecule is CN(Cc1ccc2c(c1)CCCS2)C(C)(C)CN. The second-order valence-electron chi connectivity index (χ2n) is 5.77. The number of aryl methyl sites for hydroxylation is 1. The average molecular weight is 264 g/mol. The maximum absolute atomic E-state index is 5.83. The Balaban J connectivity index is 2.10. The van der Waals surface area contributed by atoms with Gasteiger partial charge in [-0.2, -0.15) is 0 Å². The van der Waals surface area contributed by atoms with Crippen molar-refractivity contribution in [1.82, 2.24) is 4.90 Å². The smallest absolute Gasteiger partial charge is 0.0275 e. The molecule has 2 nitrogen and oxygen atoms in total. The van der Waals surface area contributed by atoms with Gasteiger partial charge in [0.2, 0.25) is 0 Å². The maximum atomic E-state index is 5.83. The predicted octanol–water partition coefficient (Wildman–Crippen LogP) is 2.89. The Bertz CT molecular complexity index is 415. The fourth-order valence-electron chi connectivity index (χ4n) is 2.16. The van der Waals surface area contributed by atoms with Crippen LogP contribution in [0, 0.1) is 0 Å². The van der Waals surface area contributed by atoms with Gasteiger partial charge >= 0.3 is 0 Å². The first-order valence-corrected chi connectivity index (χ1v) is 7.67. The quantitative estimate of drug-likeness (QED) is 0.906. The molecule has 0 bridgehead atoms. The van der Waals surface area contributed by atoms with E-state index in [-0.39, 0.29) is 5.54 Å². The Kier molecular flexibility index (Phi) is 4.36. The van der Waals surface area contributed by atoms with E-state index in [0.29, 0.717) is 6.54 Å². The molecule has 0 unspecified atom stereocenters. The molecule has 0 aromatic heterocycles. The van der Waals surface area contributed by atoms with Crippen LogP contribution in [0.3, 0.4) is 0 Å². The molecule has 1 aliphatic rings. The molecule has 2 N–H and O–H groups in total. The lowest BCUT2D eigenvalue weighted by molar-refractivity contribution is 0.155. The first kappa shape index (κ1) is 13.9. The largest absolute Gasteiger partial charge is 0.329 e. The van der Waals surface area contributed by atoms with Crippen molar-refractivity contribution in [1.29, 1.82) is 0 Å². The van der Waals surface area contributed by atoms with E-state index < -0.39 is 0 Å². The number of likely N-dealkylation sites (N-methyl/N-ethyl adjacent to an activating group) is 1. The van der Waals surface area contributed by atoms with Gasteiger partial charge in [0.1, 0.15) is 0 Å². The van der Waals surface area contributed by atoms with Gasteiger partial charge in [-0.05, 0) is 56.7 Å². The summed E-state index contributed by atoms with van der Waals surface area (Å²) in [5.74, 6) is 1.27. The van der Waals surface area contributed by atoms with Crippen molar-refractivity contribution in [3.05, 3.63) is 29.3 Å². The molecule has 0 atom stereocenters. The highest BCUT2D eigenvalue weighted by Crippen LogP contribution is 2.31. The highest BCUT2D eigenvalue weighted by Gasteiger charge is 2.21. The molecule has 2 rings (SSSR count). The molecule has 100 valence electrons. The number of rotatable bonds is 4. The van der Waals surface area contributed by atoms with Crippen molar-refractivity contribution in [3.63, 3.8) is 0 Å². The van der Waals surface area contributed by atoms with Crippen LogP contribution < -0.4 is 5.73 Å². The minimum Gasteiger partial charge on any atom is -0.329 e. The van der Waals surface area contributed by atoms with Crippen LogP contribution in [0.5, 0.6) is 0 Å². The van der Waals surface area contributed by atoms with Gasteiger partial charge < -0.3 is 5.73 Å². The van der Waals surface area contributed by atoms with Gasteiger partial charge in [-0.3, -0.25) is 4.90 Å². The number of fused-ring (bicyclic) bond motifs is 1. The monoisotopic (exact) mass is 264 g/mol. The molecule has 0 aliphatic carbocycles. The van der Waals surface area contributed by atoms with E-state index in [0.717, 1.165) is 6.54 Å². The molecule has 1 aromatic carbocycles. The highest BCUT2D eigenvalue weighted by atomic mass is 32.2. The minimum absolute atomic E-state index is 0.0602. The summed E-state index contributed by atoms with van der Waals surface area (Å²) in [6, 6.07) is 6.93. The van der Waals surface area contributed by atoms with Gasteiger partial charge in [0, 0.05) is 23.5 Å². The topological polar surface area (TPSA) is 29.3 Å². The van der Waals surface area contributed by atoms with Gasteiger partial charge in [-0.1, -0.05) is 12.1 Å². The third kappa shape index (κ3) is 3.08. The van der Waals surface area contributed by atoms with Gasteiger partial charge in [0.05, 0.1) is 0 Å². The summed E-state index contributed by atoms with van der Waals surface area (Å²) < 4.78 is 0. The van der Waals surface area contributed by atoms with Gasteiger partial charge in [0.25, 0.3) is 0 Å². The van der Waals surface area contributed by atoms with E-state index in [1.165, 1.54) is 34.6 Å². The number of thioether (sulfide) groups is 1. The lowest BCUT2D eigenvalue weighted by Gasteiger charge is -2.34. The van der Waals surface area contributed by atoms with E-state index in [4.69, 9.17) is 5.73 Å². The van der Waals surface area contributed by atoms with Crippen molar-refractivity contribution in [2.24, 2.45) is 5.73 Å². The lowest BCUT2D eigenvalue weighted by Crippen LogP contribution is -2.46. The van der Waals surface area contributed by atoms with Crippen LogP contribution in [-0.4, -0.2) is 29.8 Å². The Morgan fingerprint density at radius 1 is 1.39 bits per heavy atom. The van der Waals surface area contributed by atoms with Crippen LogP contribution in [-0.2, 0) is 13.0 Å². The molecule has 0 amide bonds. The lowest BCUT2D eigenvalue weighted by atomic mass is 10.0. The number of nitrogens with two attached hydrogens (primary N) is 1. The zero-order valence-corrected chi connectivity index (χ0v) is 12.5. The number of benzene rings is 1. The number of nitrogens with zero attached hydrogens (tertiary/aromatic N) is 1. The standard InChI is InChI=1S/C15H24N2S/c1-15(2,11-16)17(3)10-12-6-7-14-13(9-12)5-4-8-18-14/h6-7,9H,4-5,8,10-11,16H2,1-3H3.